The smallest absolute Gasteiger partial charge is 0.239 e. The molecule has 2 N–H and O–H groups in total. The summed E-state index contributed by atoms with van der Waals surface area (Å²) in [4.78, 5) is 11.0. The van der Waals surface area contributed by atoms with Crippen molar-refractivity contribution in [2.75, 3.05) is 23.8 Å². The fraction of sp³-hybridized carbons (Fsp3) is 0.385. The summed E-state index contributed by atoms with van der Waals surface area (Å²) in [6.07, 6.45) is 3.84. The van der Waals surface area contributed by atoms with Gasteiger partial charge in [0.25, 0.3) is 0 Å². The van der Waals surface area contributed by atoms with Crippen molar-refractivity contribution >= 4 is 11.5 Å². The van der Waals surface area contributed by atoms with Crippen LogP contribution >= 0.6 is 0 Å². The quantitative estimate of drug-likeness (QED) is 0.899. The Hall–Kier alpha value is -2.24. The summed E-state index contributed by atoms with van der Waals surface area (Å²) in [7, 11) is 0. The highest BCUT2D eigenvalue weighted by Gasteiger charge is 2.18. The number of nitrogens with zero attached hydrogens (tertiary/aromatic N) is 4. The average molecular weight is 259 g/mol. The van der Waals surface area contributed by atoms with E-state index in [1.54, 1.807) is 0 Å². The van der Waals surface area contributed by atoms with Crippen molar-refractivity contribution in [1.29, 1.82) is 0 Å². The zero-order valence-electron chi connectivity index (χ0n) is 10.9. The van der Waals surface area contributed by atoms with E-state index in [1.165, 1.54) is 0 Å². The summed E-state index contributed by atoms with van der Waals surface area (Å²) in [5.74, 6) is 2.45. The van der Waals surface area contributed by atoms with Crippen LogP contribution in [0, 0.1) is 0 Å². The molecule has 0 amide bonds. The Morgan fingerprint density at radius 1 is 1.37 bits per heavy atom. The van der Waals surface area contributed by atoms with Crippen LogP contribution < -0.4 is 15.4 Å². The molecule has 19 heavy (non-hydrogen) atoms. The normalized spacial score (nSPS) is 14.3. The first-order chi connectivity index (χ1) is 9.28. The number of aromatic nitrogens is 3. The fourth-order valence-electron chi connectivity index (χ4n) is 2.24. The molecular weight excluding hydrogens is 242 g/mol. The van der Waals surface area contributed by atoms with Crippen molar-refractivity contribution in [3.63, 3.8) is 0 Å². The molecule has 1 aliphatic heterocycles. The van der Waals surface area contributed by atoms with Gasteiger partial charge in [0.1, 0.15) is 11.6 Å². The first-order valence-electron chi connectivity index (χ1n) is 6.42. The minimum Gasteiger partial charge on any atom is -0.476 e. The van der Waals surface area contributed by atoms with E-state index >= 15 is 0 Å². The number of hydrogen-bond acceptors (Lipinski definition) is 5. The Kier molecular flexibility index (Phi) is 2.98. The minimum absolute atomic E-state index is 0.508. The molecule has 0 aromatic carbocycles. The molecule has 3 rings (SSSR count). The van der Waals surface area contributed by atoms with Crippen LogP contribution in [-0.2, 0) is 13.1 Å². The molecule has 0 saturated carbocycles. The molecule has 2 aromatic rings. The van der Waals surface area contributed by atoms with Crippen molar-refractivity contribution in [3.8, 4) is 5.88 Å². The maximum Gasteiger partial charge on any atom is 0.239 e. The van der Waals surface area contributed by atoms with Crippen molar-refractivity contribution in [2.45, 2.75) is 20.0 Å². The number of pyridine rings is 1. The summed E-state index contributed by atoms with van der Waals surface area (Å²) in [6.45, 7) is 5.07. The van der Waals surface area contributed by atoms with Gasteiger partial charge >= 0.3 is 0 Å². The Balaban J connectivity index is 1.85. The second kappa shape index (κ2) is 4.79. The summed E-state index contributed by atoms with van der Waals surface area (Å²) < 4.78 is 7.60. The topological polar surface area (TPSA) is 69.2 Å². The van der Waals surface area contributed by atoms with E-state index in [4.69, 9.17) is 10.5 Å². The number of nitrogen functional groups attached to an aromatic ring is 1. The molecule has 0 spiro atoms. The zero-order valence-corrected chi connectivity index (χ0v) is 10.9. The number of ether oxygens (including phenoxy) is 1. The van der Waals surface area contributed by atoms with Gasteiger partial charge in [0.2, 0.25) is 5.88 Å². The van der Waals surface area contributed by atoms with Gasteiger partial charge in [0.15, 0.2) is 0 Å². The van der Waals surface area contributed by atoms with Gasteiger partial charge in [0, 0.05) is 25.5 Å². The van der Waals surface area contributed by atoms with Gasteiger partial charge in [-0.25, -0.2) is 4.98 Å². The van der Waals surface area contributed by atoms with E-state index in [1.807, 2.05) is 31.5 Å². The second-order valence-electron chi connectivity index (χ2n) is 4.46. The SMILES string of the molecule is CCOc1nc(N2CCn3ccnc3C2)ccc1N. The number of anilines is 2. The lowest BCUT2D eigenvalue weighted by Crippen LogP contribution is -2.34. The maximum atomic E-state index is 5.84. The average Bonchev–Trinajstić information content (AvgIpc) is 2.89. The van der Waals surface area contributed by atoms with Crippen LogP contribution in [0.25, 0.3) is 0 Å². The molecule has 0 atom stereocenters. The van der Waals surface area contributed by atoms with Crippen molar-refractivity contribution in [3.05, 3.63) is 30.4 Å². The van der Waals surface area contributed by atoms with E-state index in [-0.39, 0.29) is 0 Å². The Morgan fingerprint density at radius 3 is 3.11 bits per heavy atom. The molecule has 3 heterocycles. The first kappa shape index (κ1) is 11.8. The number of nitrogens with two attached hydrogens (primary N) is 1. The summed E-state index contributed by atoms with van der Waals surface area (Å²) in [5.41, 5.74) is 6.42. The van der Waals surface area contributed by atoms with E-state index in [0.717, 1.165) is 31.3 Å². The van der Waals surface area contributed by atoms with Gasteiger partial charge < -0.3 is 19.9 Å². The highest BCUT2D eigenvalue weighted by atomic mass is 16.5. The molecule has 2 aromatic heterocycles. The molecule has 6 heteroatoms. The Morgan fingerprint density at radius 2 is 2.26 bits per heavy atom. The molecule has 6 nitrogen and oxygen atoms in total. The molecule has 0 unspecified atom stereocenters. The van der Waals surface area contributed by atoms with E-state index in [2.05, 4.69) is 19.4 Å². The van der Waals surface area contributed by atoms with Crippen molar-refractivity contribution in [1.82, 2.24) is 14.5 Å². The number of imidazole rings is 1. The van der Waals surface area contributed by atoms with Crippen LogP contribution in [0.4, 0.5) is 11.5 Å². The molecule has 100 valence electrons. The molecular formula is C13H17N5O. The summed E-state index contributed by atoms with van der Waals surface area (Å²) in [5, 5.41) is 0. The van der Waals surface area contributed by atoms with E-state index in [0.29, 0.717) is 18.2 Å². The highest BCUT2D eigenvalue weighted by Crippen LogP contribution is 2.25. The number of hydrogen-bond donors (Lipinski definition) is 1. The van der Waals surface area contributed by atoms with Gasteiger partial charge in [0.05, 0.1) is 18.8 Å². The standard InChI is InChI=1S/C13H17N5O/c1-2-19-13-10(14)3-4-11(16-13)18-8-7-17-6-5-15-12(17)9-18/h3-6H,2,7-9,14H2,1H3. The Bertz CT molecular complexity index is 580. The molecule has 0 fully saturated rings. The maximum absolute atomic E-state index is 5.84. The van der Waals surface area contributed by atoms with Gasteiger partial charge in [-0.15, -0.1) is 0 Å². The fourth-order valence-corrected chi connectivity index (χ4v) is 2.24. The second-order valence-corrected chi connectivity index (χ2v) is 4.46. The lowest BCUT2D eigenvalue weighted by atomic mass is 10.3. The third kappa shape index (κ3) is 2.21. The number of rotatable bonds is 3. The third-order valence-corrected chi connectivity index (χ3v) is 3.22. The highest BCUT2D eigenvalue weighted by molar-refractivity contribution is 5.54. The molecule has 0 radical (unpaired) electrons. The largest absolute Gasteiger partial charge is 0.476 e. The minimum atomic E-state index is 0.508. The third-order valence-electron chi connectivity index (χ3n) is 3.22. The van der Waals surface area contributed by atoms with Gasteiger partial charge in [-0.05, 0) is 19.1 Å². The van der Waals surface area contributed by atoms with Crippen LogP contribution in [0.1, 0.15) is 12.7 Å². The van der Waals surface area contributed by atoms with Crippen molar-refractivity contribution in [2.24, 2.45) is 0 Å². The van der Waals surface area contributed by atoms with Crippen molar-refractivity contribution < 1.29 is 4.74 Å². The molecule has 0 aliphatic carbocycles. The van der Waals surface area contributed by atoms with Crippen LogP contribution in [0.15, 0.2) is 24.5 Å². The molecule has 0 bridgehead atoms. The van der Waals surface area contributed by atoms with Crippen LogP contribution in [-0.4, -0.2) is 27.7 Å². The predicted molar refractivity (Wildman–Crippen MR) is 73.1 cm³/mol. The van der Waals surface area contributed by atoms with Gasteiger partial charge in [-0.1, -0.05) is 0 Å². The van der Waals surface area contributed by atoms with Crippen LogP contribution in [0.3, 0.4) is 0 Å². The monoisotopic (exact) mass is 259 g/mol. The lowest BCUT2D eigenvalue weighted by Gasteiger charge is -2.28. The predicted octanol–water partition coefficient (Wildman–Crippen LogP) is 1.28. The summed E-state index contributed by atoms with van der Waals surface area (Å²) in [6, 6.07) is 3.77. The molecule has 0 saturated heterocycles. The lowest BCUT2D eigenvalue weighted by molar-refractivity contribution is 0.328. The van der Waals surface area contributed by atoms with E-state index in [9.17, 15) is 0 Å². The zero-order chi connectivity index (χ0) is 13.2. The summed E-state index contributed by atoms with van der Waals surface area (Å²) >= 11 is 0. The van der Waals surface area contributed by atoms with Crippen LogP contribution in [0.5, 0.6) is 5.88 Å². The van der Waals surface area contributed by atoms with E-state index < -0.39 is 0 Å². The first-order valence-corrected chi connectivity index (χ1v) is 6.42. The Labute approximate surface area is 111 Å². The van der Waals surface area contributed by atoms with Gasteiger partial charge in [-0.3, -0.25) is 0 Å². The van der Waals surface area contributed by atoms with Crippen LogP contribution in [0.2, 0.25) is 0 Å². The van der Waals surface area contributed by atoms with Gasteiger partial charge in [-0.2, -0.15) is 4.98 Å². The number of fused-ring (bicyclic) bond motifs is 1. The molecule has 1 aliphatic rings.